The number of pyridine rings is 1. The standard InChI is InChI=1S/C13H21N3O/c1-11-2-3-13(15-10-11)12(14)4-5-16-6-8-17-9-7-16/h2-3,10,12H,4-9,14H2,1H3. The SMILES string of the molecule is Cc1ccc(C(N)CCN2CCOCC2)nc1. The lowest BCUT2D eigenvalue weighted by molar-refractivity contribution is 0.0366. The summed E-state index contributed by atoms with van der Waals surface area (Å²) >= 11 is 0. The van der Waals surface area contributed by atoms with Crippen LogP contribution in [0, 0.1) is 6.92 Å². The van der Waals surface area contributed by atoms with Crippen LogP contribution >= 0.6 is 0 Å². The summed E-state index contributed by atoms with van der Waals surface area (Å²) in [6.07, 6.45) is 2.83. The Kier molecular flexibility index (Phi) is 4.48. The number of hydrogen-bond donors (Lipinski definition) is 1. The van der Waals surface area contributed by atoms with Crippen molar-refractivity contribution in [2.75, 3.05) is 32.8 Å². The molecule has 1 aromatic rings. The fourth-order valence-electron chi connectivity index (χ4n) is 1.99. The fourth-order valence-corrected chi connectivity index (χ4v) is 1.99. The number of rotatable bonds is 4. The second-order valence-corrected chi connectivity index (χ2v) is 4.61. The van der Waals surface area contributed by atoms with Gasteiger partial charge >= 0.3 is 0 Å². The third-order valence-corrected chi connectivity index (χ3v) is 3.17. The number of aromatic nitrogens is 1. The molecule has 4 nitrogen and oxygen atoms in total. The molecule has 4 heteroatoms. The number of ether oxygens (including phenoxy) is 1. The molecule has 0 bridgehead atoms. The third-order valence-electron chi connectivity index (χ3n) is 3.17. The van der Waals surface area contributed by atoms with E-state index in [1.807, 2.05) is 19.2 Å². The maximum Gasteiger partial charge on any atom is 0.0594 e. The maximum atomic E-state index is 6.14. The quantitative estimate of drug-likeness (QED) is 0.849. The molecule has 1 saturated heterocycles. The van der Waals surface area contributed by atoms with Gasteiger partial charge in [-0.3, -0.25) is 9.88 Å². The number of morpholine rings is 1. The Balaban J connectivity index is 1.80. The number of aryl methyl sites for hydroxylation is 1. The lowest BCUT2D eigenvalue weighted by Crippen LogP contribution is -2.37. The summed E-state index contributed by atoms with van der Waals surface area (Å²) in [6, 6.07) is 4.13. The molecule has 0 aromatic carbocycles. The van der Waals surface area contributed by atoms with E-state index in [1.54, 1.807) is 0 Å². The molecule has 17 heavy (non-hydrogen) atoms. The van der Waals surface area contributed by atoms with Crippen LogP contribution < -0.4 is 5.73 Å². The van der Waals surface area contributed by atoms with Crippen molar-refractivity contribution in [1.29, 1.82) is 0 Å². The zero-order valence-corrected chi connectivity index (χ0v) is 10.4. The number of nitrogens with zero attached hydrogens (tertiary/aromatic N) is 2. The highest BCUT2D eigenvalue weighted by molar-refractivity contribution is 5.14. The summed E-state index contributed by atoms with van der Waals surface area (Å²) in [5.74, 6) is 0. The van der Waals surface area contributed by atoms with Gasteiger partial charge in [-0.2, -0.15) is 0 Å². The van der Waals surface area contributed by atoms with Gasteiger partial charge in [-0.1, -0.05) is 6.07 Å². The average molecular weight is 235 g/mol. The first kappa shape index (κ1) is 12.5. The van der Waals surface area contributed by atoms with Crippen LogP contribution in [0.3, 0.4) is 0 Å². The van der Waals surface area contributed by atoms with Crippen molar-refractivity contribution in [1.82, 2.24) is 9.88 Å². The lowest BCUT2D eigenvalue weighted by Gasteiger charge is -2.27. The predicted octanol–water partition coefficient (Wildman–Crippen LogP) is 1.11. The van der Waals surface area contributed by atoms with E-state index < -0.39 is 0 Å². The molecule has 0 spiro atoms. The van der Waals surface area contributed by atoms with E-state index in [0.29, 0.717) is 0 Å². The Bertz CT molecular complexity index is 333. The van der Waals surface area contributed by atoms with Crippen molar-refractivity contribution < 1.29 is 4.74 Å². The minimum absolute atomic E-state index is 0.0402. The Morgan fingerprint density at radius 2 is 2.18 bits per heavy atom. The van der Waals surface area contributed by atoms with E-state index in [1.165, 1.54) is 5.56 Å². The molecular formula is C13H21N3O. The van der Waals surface area contributed by atoms with Gasteiger partial charge in [0.1, 0.15) is 0 Å². The van der Waals surface area contributed by atoms with Crippen molar-refractivity contribution >= 4 is 0 Å². The highest BCUT2D eigenvalue weighted by Crippen LogP contribution is 2.12. The lowest BCUT2D eigenvalue weighted by atomic mass is 10.1. The zero-order valence-electron chi connectivity index (χ0n) is 10.4. The molecule has 2 rings (SSSR count). The van der Waals surface area contributed by atoms with Gasteiger partial charge in [-0.15, -0.1) is 0 Å². The summed E-state index contributed by atoms with van der Waals surface area (Å²) in [5, 5.41) is 0. The van der Waals surface area contributed by atoms with Gasteiger partial charge in [0.2, 0.25) is 0 Å². The molecule has 1 aromatic heterocycles. The van der Waals surface area contributed by atoms with E-state index in [9.17, 15) is 0 Å². The molecule has 1 unspecified atom stereocenters. The Labute approximate surface area is 103 Å². The van der Waals surface area contributed by atoms with Crippen LogP contribution in [0.25, 0.3) is 0 Å². The summed E-state index contributed by atoms with van der Waals surface area (Å²) in [6.45, 7) is 6.80. The molecule has 1 aliphatic heterocycles. The van der Waals surface area contributed by atoms with Gasteiger partial charge in [0.25, 0.3) is 0 Å². The molecule has 1 atom stereocenters. The van der Waals surface area contributed by atoms with Gasteiger partial charge in [0.05, 0.1) is 18.9 Å². The summed E-state index contributed by atoms with van der Waals surface area (Å²) in [7, 11) is 0. The fraction of sp³-hybridized carbons (Fsp3) is 0.615. The molecule has 2 N–H and O–H groups in total. The van der Waals surface area contributed by atoms with Crippen LogP contribution in [0.2, 0.25) is 0 Å². The molecule has 0 saturated carbocycles. The van der Waals surface area contributed by atoms with Crippen molar-refractivity contribution in [2.24, 2.45) is 5.73 Å². The molecule has 0 radical (unpaired) electrons. The smallest absolute Gasteiger partial charge is 0.0594 e. The second kappa shape index (κ2) is 6.10. The van der Waals surface area contributed by atoms with Crippen LogP contribution in [0.15, 0.2) is 18.3 Å². The summed E-state index contributed by atoms with van der Waals surface area (Å²) in [4.78, 5) is 6.77. The number of hydrogen-bond acceptors (Lipinski definition) is 4. The van der Waals surface area contributed by atoms with Crippen molar-refractivity contribution in [3.63, 3.8) is 0 Å². The Hall–Kier alpha value is -0.970. The first-order chi connectivity index (χ1) is 8.25. The molecule has 0 aliphatic carbocycles. The van der Waals surface area contributed by atoms with E-state index in [0.717, 1.165) is 45.0 Å². The van der Waals surface area contributed by atoms with E-state index in [4.69, 9.17) is 10.5 Å². The third kappa shape index (κ3) is 3.77. The second-order valence-electron chi connectivity index (χ2n) is 4.61. The molecule has 2 heterocycles. The summed E-state index contributed by atoms with van der Waals surface area (Å²) < 4.78 is 5.32. The number of nitrogens with two attached hydrogens (primary N) is 1. The summed E-state index contributed by atoms with van der Waals surface area (Å²) in [5.41, 5.74) is 8.31. The highest BCUT2D eigenvalue weighted by Gasteiger charge is 2.13. The highest BCUT2D eigenvalue weighted by atomic mass is 16.5. The van der Waals surface area contributed by atoms with Gasteiger partial charge in [-0.05, 0) is 25.0 Å². The van der Waals surface area contributed by atoms with Gasteiger partial charge in [0.15, 0.2) is 0 Å². The topological polar surface area (TPSA) is 51.4 Å². The van der Waals surface area contributed by atoms with Gasteiger partial charge in [0, 0.05) is 31.9 Å². The Morgan fingerprint density at radius 1 is 1.41 bits per heavy atom. The van der Waals surface area contributed by atoms with E-state index in [-0.39, 0.29) is 6.04 Å². The first-order valence-corrected chi connectivity index (χ1v) is 6.24. The maximum absolute atomic E-state index is 6.14. The predicted molar refractivity (Wildman–Crippen MR) is 67.8 cm³/mol. The van der Waals surface area contributed by atoms with Crippen LogP contribution in [-0.4, -0.2) is 42.7 Å². The van der Waals surface area contributed by atoms with Gasteiger partial charge < -0.3 is 10.5 Å². The van der Waals surface area contributed by atoms with E-state index in [2.05, 4.69) is 16.0 Å². The average Bonchev–Trinajstić information content (AvgIpc) is 2.38. The van der Waals surface area contributed by atoms with Gasteiger partial charge in [-0.25, -0.2) is 0 Å². The van der Waals surface area contributed by atoms with Crippen molar-refractivity contribution in [2.45, 2.75) is 19.4 Å². The Morgan fingerprint density at radius 3 is 2.82 bits per heavy atom. The minimum atomic E-state index is 0.0402. The normalized spacial score (nSPS) is 19.2. The molecule has 1 aliphatic rings. The molecule has 0 amide bonds. The van der Waals surface area contributed by atoms with Crippen LogP contribution in [0.1, 0.15) is 23.7 Å². The largest absolute Gasteiger partial charge is 0.379 e. The van der Waals surface area contributed by atoms with Crippen LogP contribution in [-0.2, 0) is 4.74 Å². The monoisotopic (exact) mass is 235 g/mol. The van der Waals surface area contributed by atoms with E-state index >= 15 is 0 Å². The van der Waals surface area contributed by atoms with Crippen molar-refractivity contribution in [3.8, 4) is 0 Å². The molecular weight excluding hydrogens is 214 g/mol. The zero-order chi connectivity index (χ0) is 12.1. The molecule has 94 valence electrons. The first-order valence-electron chi connectivity index (χ1n) is 6.24. The minimum Gasteiger partial charge on any atom is -0.379 e. The van der Waals surface area contributed by atoms with Crippen LogP contribution in [0.4, 0.5) is 0 Å². The van der Waals surface area contributed by atoms with Crippen LogP contribution in [0.5, 0.6) is 0 Å². The molecule has 1 fully saturated rings. The van der Waals surface area contributed by atoms with Crippen molar-refractivity contribution in [3.05, 3.63) is 29.6 Å².